The molecule has 0 radical (unpaired) electrons. The van der Waals surface area contributed by atoms with Gasteiger partial charge in [0.1, 0.15) is 5.75 Å². The molecule has 0 spiro atoms. The molecule has 1 aromatic heterocycles. The summed E-state index contributed by atoms with van der Waals surface area (Å²) in [6, 6.07) is 11.1. The number of nitrogens with zero attached hydrogens (tertiary/aromatic N) is 3. The summed E-state index contributed by atoms with van der Waals surface area (Å²) in [4.78, 5) is 33.1. The smallest absolute Gasteiger partial charge is 0.257 e. The van der Waals surface area contributed by atoms with Gasteiger partial charge in [-0.15, -0.1) is 0 Å². The normalized spacial score (nSPS) is 17.4. The highest BCUT2D eigenvalue weighted by Crippen LogP contribution is 2.25. The van der Waals surface area contributed by atoms with Crippen LogP contribution in [0, 0.1) is 5.92 Å². The van der Waals surface area contributed by atoms with Crippen molar-refractivity contribution in [1.82, 2.24) is 14.8 Å². The number of amides is 2. The molecule has 6 nitrogen and oxygen atoms in total. The molecule has 29 heavy (non-hydrogen) atoms. The number of pyridine rings is 1. The van der Waals surface area contributed by atoms with Gasteiger partial charge in [0.25, 0.3) is 11.8 Å². The monoisotopic (exact) mass is 393 g/mol. The molecule has 0 atom stereocenters. The molecule has 0 unspecified atom stereocenters. The van der Waals surface area contributed by atoms with E-state index in [1.54, 1.807) is 24.5 Å². The van der Waals surface area contributed by atoms with Crippen LogP contribution < -0.4 is 4.74 Å². The minimum atomic E-state index is 0.0408. The van der Waals surface area contributed by atoms with Gasteiger partial charge in [0.05, 0.1) is 17.7 Å². The number of hydrogen-bond acceptors (Lipinski definition) is 4. The summed E-state index contributed by atoms with van der Waals surface area (Å²) in [5, 5.41) is 0. The maximum atomic E-state index is 12.8. The largest absolute Gasteiger partial charge is 0.492 e. The van der Waals surface area contributed by atoms with Crippen LogP contribution >= 0.6 is 0 Å². The number of hydrogen-bond donors (Lipinski definition) is 0. The molecule has 0 aliphatic carbocycles. The van der Waals surface area contributed by atoms with Gasteiger partial charge in [-0.3, -0.25) is 14.6 Å². The summed E-state index contributed by atoms with van der Waals surface area (Å²) in [5.74, 6) is 1.15. The van der Waals surface area contributed by atoms with Crippen molar-refractivity contribution in [1.29, 1.82) is 0 Å². The van der Waals surface area contributed by atoms with Crippen LogP contribution in [0.4, 0.5) is 0 Å². The number of carbonyl (C=O) groups excluding carboxylic acids is 2. The number of likely N-dealkylation sites (tertiary alicyclic amines) is 2. The number of ether oxygens (including phenoxy) is 1. The maximum absolute atomic E-state index is 12.8. The van der Waals surface area contributed by atoms with Gasteiger partial charge < -0.3 is 14.5 Å². The number of carbonyl (C=O) groups is 2. The Bertz CT molecular complexity index is 841. The highest BCUT2D eigenvalue weighted by atomic mass is 16.5. The molecule has 0 N–H and O–H groups in total. The Labute approximate surface area is 171 Å². The highest BCUT2D eigenvalue weighted by Gasteiger charge is 2.26. The summed E-state index contributed by atoms with van der Waals surface area (Å²) in [5.41, 5.74) is 1.29. The van der Waals surface area contributed by atoms with Crippen molar-refractivity contribution in [2.45, 2.75) is 25.7 Å². The second kappa shape index (κ2) is 9.07. The summed E-state index contributed by atoms with van der Waals surface area (Å²) >= 11 is 0. The van der Waals surface area contributed by atoms with Crippen molar-refractivity contribution in [3.05, 3.63) is 59.9 Å². The molecule has 0 saturated carbocycles. The molecular formula is C23H27N3O3. The number of rotatable bonds is 5. The fraction of sp³-hybridized carbons (Fsp3) is 0.435. The van der Waals surface area contributed by atoms with Crippen LogP contribution in [0.15, 0.2) is 48.8 Å². The Morgan fingerprint density at radius 2 is 1.66 bits per heavy atom. The lowest BCUT2D eigenvalue weighted by molar-refractivity contribution is 0.0656. The van der Waals surface area contributed by atoms with Gasteiger partial charge >= 0.3 is 0 Å². The number of benzene rings is 1. The van der Waals surface area contributed by atoms with Gasteiger partial charge in [-0.25, -0.2) is 0 Å². The van der Waals surface area contributed by atoms with Crippen LogP contribution in [-0.2, 0) is 0 Å². The molecule has 152 valence electrons. The summed E-state index contributed by atoms with van der Waals surface area (Å²) in [7, 11) is 0. The lowest BCUT2D eigenvalue weighted by atomic mass is 9.97. The van der Waals surface area contributed by atoms with E-state index in [1.807, 2.05) is 34.1 Å². The molecule has 6 heteroatoms. The summed E-state index contributed by atoms with van der Waals surface area (Å²) in [6.45, 7) is 3.67. The SMILES string of the molecule is O=C(c1cccnc1)N1CCC(COc2ccccc2C(=O)N2CCCC2)CC1. The standard InChI is InChI=1S/C23H27N3O3/c27-22(19-6-5-11-24-16-19)26-14-9-18(10-15-26)17-29-21-8-2-1-7-20(21)23(28)25-12-3-4-13-25/h1-2,5-8,11,16,18H,3-4,9-10,12-15,17H2. The molecule has 0 bridgehead atoms. The third kappa shape index (κ3) is 4.58. The van der Waals surface area contributed by atoms with Crippen molar-refractivity contribution in [2.24, 2.45) is 5.92 Å². The topological polar surface area (TPSA) is 62.7 Å². The van der Waals surface area contributed by atoms with E-state index in [0.717, 1.165) is 51.9 Å². The zero-order valence-electron chi connectivity index (χ0n) is 16.6. The third-order valence-corrected chi connectivity index (χ3v) is 5.80. The molecule has 2 aromatic rings. The molecular weight excluding hydrogens is 366 g/mol. The van der Waals surface area contributed by atoms with E-state index < -0.39 is 0 Å². The number of para-hydroxylation sites is 1. The van der Waals surface area contributed by atoms with Gasteiger partial charge in [-0.1, -0.05) is 12.1 Å². The molecule has 2 saturated heterocycles. The molecule has 2 aliphatic rings. The van der Waals surface area contributed by atoms with E-state index in [9.17, 15) is 9.59 Å². The first kappa shape index (κ1) is 19.4. The van der Waals surface area contributed by atoms with E-state index in [0.29, 0.717) is 29.4 Å². The Kier molecular flexibility index (Phi) is 6.08. The second-order valence-electron chi connectivity index (χ2n) is 7.78. The van der Waals surface area contributed by atoms with Crippen LogP contribution in [0.1, 0.15) is 46.4 Å². The molecule has 2 amide bonds. The predicted molar refractivity (Wildman–Crippen MR) is 110 cm³/mol. The van der Waals surface area contributed by atoms with Gasteiger partial charge in [0.2, 0.25) is 0 Å². The lowest BCUT2D eigenvalue weighted by Gasteiger charge is -2.32. The lowest BCUT2D eigenvalue weighted by Crippen LogP contribution is -2.39. The second-order valence-corrected chi connectivity index (χ2v) is 7.78. The van der Waals surface area contributed by atoms with E-state index in [1.165, 1.54) is 0 Å². The zero-order chi connectivity index (χ0) is 20.1. The van der Waals surface area contributed by atoms with E-state index in [-0.39, 0.29) is 11.8 Å². The van der Waals surface area contributed by atoms with Crippen LogP contribution in [-0.4, -0.2) is 59.4 Å². The Morgan fingerprint density at radius 1 is 0.931 bits per heavy atom. The third-order valence-electron chi connectivity index (χ3n) is 5.80. The minimum absolute atomic E-state index is 0.0408. The van der Waals surface area contributed by atoms with Gasteiger partial charge in [0.15, 0.2) is 0 Å². The molecule has 3 heterocycles. The molecule has 1 aromatic carbocycles. The minimum Gasteiger partial charge on any atom is -0.492 e. The van der Waals surface area contributed by atoms with Crippen molar-refractivity contribution < 1.29 is 14.3 Å². The Morgan fingerprint density at radius 3 is 2.38 bits per heavy atom. The van der Waals surface area contributed by atoms with Crippen molar-refractivity contribution >= 4 is 11.8 Å². The molecule has 2 aliphatic heterocycles. The first-order valence-corrected chi connectivity index (χ1v) is 10.4. The predicted octanol–water partition coefficient (Wildman–Crippen LogP) is 3.25. The zero-order valence-corrected chi connectivity index (χ0v) is 16.6. The first-order chi connectivity index (χ1) is 14.2. The Balaban J connectivity index is 1.31. The van der Waals surface area contributed by atoms with Crippen LogP contribution in [0.3, 0.4) is 0 Å². The van der Waals surface area contributed by atoms with Crippen molar-refractivity contribution in [2.75, 3.05) is 32.8 Å². The Hall–Kier alpha value is -2.89. The van der Waals surface area contributed by atoms with Gasteiger partial charge in [-0.2, -0.15) is 0 Å². The van der Waals surface area contributed by atoms with Gasteiger partial charge in [-0.05, 0) is 55.9 Å². The average molecular weight is 393 g/mol. The molecule has 4 rings (SSSR count). The summed E-state index contributed by atoms with van der Waals surface area (Å²) < 4.78 is 6.08. The van der Waals surface area contributed by atoms with Crippen molar-refractivity contribution in [3.63, 3.8) is 0 Å². The first-order valence-electron chi connectivity index (χ1n) is 10.4. The average Bonchev–Trinajstić information content (AvgIpc) is 3.33. The number of piperidine rings is 1. The molecule has 2 fully saturated rings. The fourth-order valence-electron chi connectivity index (χ4n) is 4.04. The van der Waals surface area contributed by atoms with E-state index >= 15 is 0 Å². The van der Waals surface area contributed by atoms with E-state index in [2.05, 4.69) is 4.98 Å². The van der Waals surface area contributed by atoms with E-state index in [4.69, 9.17) is 4.74 Å². The van der Waals surface area contributed by atoms with Crippen LogP contribution in [0.25, 0.3) is 0 Å². The van der Waals surface area contributed by atoms with Crippen LogP contribution in [0.5, 0.6) is 5.75 Å². The van der Waals surface area contributed by atoms with Crippen LogP contribution in [0.2, 0.25) is 0 Å². The summed E-state index contributed by atoms with van der Waals surface area (Å²) in [6.07, 6.45) is 7.23. The number of aromatic nitrogens is 1. The quantitative estimate of drug-likeness (QED) is 0.782. The van der Waals surface area contributed by atoms with Gasteiger partial charge in [0, 0.05) is 38.6 Å². The highest BCUT2D eigenvalue weighted by molar-refractivity contribution is 5.97. The maximum Gasteiger partial charge on any atom is 0.257 e. The van der Waals surface area contributed by atoms with Crippen molar-refractivity contribution in [3.8, 4) is 5.75 Å². The fourth-order valence-corrected chi connectivity index (χ4v) is 4.04.